The van der Waals surface area contributed by atoms with Gasteiger partial charge in [-0.15, -0.1) is 0 Å². The molecule has 0 saturated carbocycles. The molecule has 1 aromatic heterocycles. The van der Waals surface area contributed by atoms with Crippen LogP contribution in [0.1, 0.15) is 21.5 Å². The number of rotatable bonds is 4. The number of carbonyl (C=O) groups is 1. The van der Waals surface area contributed by atoms with Gasteiger partial charge in [-0.3, -0.25) is 4.79 Å². The first-order chi connectivity index (χ1) is 14.4. The molecule has 0 atom stereocenters. The Morgan fingerprint density at radius 3 is 2.63 bits per heavy atom. The first kappa shape index (κ1) is 20.6. The smallest absolute Gasteiger partial charge is 0.259 e. The number of aryl methyl sites for hydroxylation is 2. The maximum atomic E-state index is 13.0. The molecule has 0 aliphatic carbocycles. The molecule has 0 bridgehead atoms. The first-order valence-corrected chi connectivity index (χ1v) is 10.8. The molecule has 0 radical (unpaired) electrons. The highest BCUT2D eigenvalue weighted by Gasteiger charge is 2.18. The van der Waals surface area contributed by atoms with Crippen LogP contribution in [-0.2, 0) is 0 Å². The van der Waals surface area contributed by atoms with Crippen LogP contribution in [0.25, 0.3) is 22.6 Å². The summed E-state index contributed by atoms with van der Waals surface area (Å²) in [5, 5.41) is 2.98. The second kappa shape index (κ2) is 8.24. The van der Waals surface area contributed by atoms with E-state index in [2.05, 4.69) is 42.2 Å². The molecule has 0 aliphatic rings. The molecule has 3 aromatic carbocycles. The number of methoxy groups -OCH3 is 1. The number of fused-ring (bicyclic) bond motifs is 1. The van der Waals surface area contributed by atoms with Crippen LogP contribution >= 0.6 is 31.9 Å². The Hall–Kier alpha value is -2.64. The van der Waals surface area contributed by atoms with Crippen molar-refractivity contribution in [2.45, 2.75) is 13.8 Å². The number of benzene rings is 3. The van der Waals surface area contributed by atoms with E-state index in [0.717, 1.165) is 32.3 Å². The summed E-state index contributed by atoms with van der Waals surface area (Å²) >= 11 is 6.86. The fourth-order valence-corrected chi connectivity index (χ4v) is 4.56. The van der Waals surface area contributed by atoms with Gasteiger partial charge in [0, 0.05) is 15.7 Å². The Morgan fingerprint density at radius 2 is 1.87 bits per heavy atom. The quantitative estimate of drug-likeness (QED) is 0.312. The van der Waals surface area contributed by atoms with Crippen molar-refractivity contribution >= 4 is 54.6 Å². The third-order valence-corrected chi connectivity index (χ3v) is 5.78. The molecule has 1 heterocycles. The Bertz CT molecular complexity index is 1280. The summed E-state index contributed by atoms with van der Waals surface area (Å²) in [5.41, 5.74) is 5.44. The second-order valence-electron chi connectivity index (χ2n) is 6.94. The minimum absolute atomic E-state index is 0.276. The number of hydrogen-bond acceptors (Lipinski definition) is 4. The molecular formula is C23H18Br2N2O3. The average Bonchev–Trinajstić information content (AvgIpc) is 3.12. The summed E-state index contributed by atoms with van der Waals surface area (Å²) in [5.74, 6) is 0.704. The zero-order chi connectivity index (χ0) is 21.4. The molecule has 1 N–H and O–H groups in total. The zero-order valence-corrected chi connectivity index (χ0v) is 19.7. The lowest BCUT2D eigenvalue weighted by molar-refractivity contribution is 0.102. The molecule has 0 saturated heterocycles. The van der Waals surface area contributed by atoms with Gasteiger partial charge in [0.05, 0.1) is 17.1 Å². The number of amides is 1. The molecule has 4 aromatic rings. The Balaban J connectivity index is 1.69. The van der Waals surface area contributed by atoms with Crippen molar-refractivity contribution in [2.24, 2.45) is 0 Å². The number of anilines is 1. The van der Waals surface area contributed by atoms with Gasteiger partial charge in [0.15, 0.2) is 5.58 Å². The average molecular weight is 530 g/mol. The van der Waals surface area contributed by atoms with Crippen molar-refractivity contribution in [3.63, 3.8) is 0 Å². The van der Waals surface area contributed by atoms with E-state index >= 15 is 0 Å². The molecule has 0 unspecified atom stereocenters. The van der Waals surface area contributed by atoms with E-state index in [1.54, 1.807) is 6.07 Å². The summed E-state index contributed by atoms with van der Waals surface area (Å²) in [7, 11) is 1.53. The van der Waals surface area contributed by atoms with Gasteiger partial charge < -0.3 is 14.5 Å². The number of halogens is 2. The number of oxazole rings is 1. The SMILES string of the molecule is COc1c(Br)cc(Br)cc1C(=O)Nc1cc(-c2nc3ccc(C)cc3o2)ccc1C. The van der Waals surface area contributed by atoms with E-state index in [-0.39, 0.29) is 5.91 Å². The molecule has 1 amide bonds. The number of ether oxygens (including phenoxy) is 1. The van der Waals surface area contributed by atoms with Gasteiger partial charge in [-0.25, -0.2) is 4.98 Å². The fraction of sp³-hybridized carbons (Fsp3) is 0.130. The predicted octanol–water partition coefficient (Wildman–Crippen LogP) is 6.90. The summed E-state index contributed by atoms with van der Waals surface area (Å²) < 4.78 is 12.8. The van der Waals surface area contributed by atoms with E-state index in [1.807, 2.05) is 56.3 Å². The molecule has 0 aliphatic heterocycles. The molecule has 0 fully saturated rings. The molecule has 7 heteroatoms. The lowest BCUT2D eigenvalue weighted by atomic mass is 10.1. The van der Waals surface area contributed by atoms with Crippen molar-refractivity contribution in [2.75, 3.05) is 12.4 Å². The monoisotopic (exact) mass is 528 g/mol. The number of hydrogen-bond donors (Lipinski definition) is 1. The normalized spacial score (nSPS) is 11.0. The van der Waals surface area contributed by atoms with Gasteiger partial charge in [-0.2, -0.15) is 0 Å². The number of aromatic nitrogens is 1. The highest BCUT2D eigenvalue weighted by Crippen LogP contribution is 2.34. The Kier molecular flexibility index (Phi) is 5.66. The molecular weight excluding hydrogens is 512 g/mol. The maximum Gasteiger partial charge on any atom is 0.259 e. The molecule has 0 spiro atoms. The van der Waals surface area contributed by atoms with Crippen LogP contribution in [0.2, 0.25) is 0 Å². The van der Waals surface area contributed by atoms with E-state index < -0.39 is 0 Å². The van der Waals surface area contributed by atoms with Crippen LogP contribution in [0.3, 0.4) is 0 Å². The van der Waals surface area contributed by atoms with Gasteiger partial charge in [-0.05, 0) is 77.3 Å². The predicted molar refractivity (Wildman–Crippen MR) is 125 cm³/mol. The molecule has 152 valence electrons. The van der Waals surface area contributed by atoms with Gasteiger partial charge in [0.25, 0.3) is 5.91 Å². The second-order valence-corrected chi connectivity index (χ2v) is 8.71. The van der Waals surface area contributed by atoms with Crippen LogP contribution in [0, 0.1) is 13.8 Å². The number of carbonyl (C=O) groups excluding carboxylic acids is 1. The first-order valence-electron chi connectivity index (χ1n) is 9.18. The maximum absolute atomic E-state index is 13.0. The van der Waals surface area contributed by atoms with Crippen LogP contribution in [0.4, 0.5) is 5.69 Å². The van der Waals surface area contributed by atoms with Crippen LogP contribution in [0.5, 0.6) is 5.75 Å². The van der Waals surface area contributed by atoms with E-state index in [0.29, 0.717) is 27.4 Å². The highest BCUT2D eigenvalue weighted by atomic mass is 79.9. The van der Waals surface area contributed by atoms with Gasteiger partial charge >= 0.3 is 0 Å². The van der Waals surface area contributed by atoms with Crippen molar-refractivity contribution in [1.29, 1.82) is 0 Å². The number of nitrogens with one attached hydrogen (secondary N) is 1. The van der Waals surface area contributed by atoms with Crippen LogP contribution in [-0.4, -0.2) is 18.0 Å². The zero-order valence-electron chi connectivity index (χ0n) is 16.5. The van der Waals surface area contributed by atoms with Crippen molar-refractivity contribution in [1.82, 2.24) is 4.98 Å². The molecule has 4 rings (SSSR count). The summed E-state index contributed by atoms with van der Waals surface area (Å²) in [6.07, 6.45) is 0. The molecule has 5 nitrogen and oxygen atoms in total. The molecule has 30 heavy (non-hydrogen) atoms. The van der Waals surface area contributed by atoms with Crippen molar-refractivity contribution in [3.8, 4) is 17.2 Å². The highest BCUT2D eigenvalue weighted by molar-refractivity contribution is 9.11. The topological polar surface area (TPSA) is 64.4 Å². The van der Waals surface area contributed by atoms with Crippen LogP contribution in [0.15, 0.2) is 61.9 Å². The summed E-state index contributed by atoms with van der Waals surface area (Å²) in [6.45, 7) is 3.94. The Morgan fingerprint density at radius 1 is 1.07 bits per heavy atom. The third-order valence-electron chi connectivity index (χ3n) is 4.73. The lowest BCUT2D eigenvalue weighted by Gasteiger charge is -2.13. The van der Waals surface area contributed by atoms with E-state index in [4.69, 9.17) is 9.15 Å². The van der Waals surface area contributed by atoms with Crippen molar-refractivity contribution < 1.29 is 13.9 Å². The standard InChI is InChI=1S/C23H18Br2N2O3/c1-12-4-7-18-20(8-12)30-23(27-18)14-6-5-13(2)19(9-14)26-22(28)16-10-15(24)11-17(25)21(16)29-3/h4-11H,1-3H3,(H,26,28). The lowest BCUT2D eigenvalue weighted by Crippen LogP contribution is -2.14. The van der Waals surface area contributed by atoms with Gasteiger partial charge in [0.1, 0.15) is 11.3 Å². The van der Waals surface area contributed by atoms with Gasteiger partial charge in [0.2, 0.25) is 5.89 Å². The summed E-state index contributed by atoms with van der Waals surface area (Å²) in [4.78, 5) is 17.6. The van der Waals surface area contributed by atoms with Crippen molar-refractivity contribution in [3.05, 3.63) is 74.2 Å². The Labute approximate surface area is 190 Å². The summed E-state index contributed by atoms with van der Waals surface area (Å²) in [6, 6.07) is 15.2. The van der Waals surface area contributed by atoms with E-state index in [1.165, 1.54) is 7.11 Å². The fourth-order valence-electron chi connectivity index (χ4n) is 3.17. The minimum atomic E-state index is -0.276. The van der Waals surface area contributed by atoms with Gasteiger partial charge in [-0.1, -0.05) is 28.1 Å². The third kappa shape index (κ3) is 4.00. The minimum Gasteiger partial charge on any atom is -0.495 e. The largest absolute Gasteiger partial charge is 0.495 e. The van der Waals surface area contributed by atoms with Crippen LogP contribution < -0.4 is 10.1 Å². The number of nitrogens with zero attached hydrogens (tertiary/aromatic N) is 1. The van der Waals surface area contributed by atoms with E-state index in [9.17, 15) is 4.79 Å².